The highest BCUT2D eigenvalue weighted by molar-refractivity contribution is 5.66. The van der Waals surface area contributed by atoms with Crippen LogP contribution < -0.4 is 4.74 Å². The van der Waals surface area contributed by atoms with Crippen LogP contribution in [0, 0.1) is 35.2 Å². The molecule has 4 atom stereocenters. The number of halogens is 5. The molecule has 4 unspecified atom stereocenters. The van der Waals surface area contributed by atoms with E-state index in [-0.39, 0.29) is 17.0 Å². The van der Waals surface area contributed by atoms with Gasteiger partial charge in [-0.2, -0.15) is 8.78 Å². The van der Waals surface area contributed by atoms with Gasteiger partial charge in [0.1, 0.15) is 5.82 Å². The van der Waals surface area contributed by atoms with Crippen LogP contribution in [0.1, 0.15) is 62.8 Å². The summed E-state index contributed by atoms with van der Waals surface area (Å²) in [5.74, 6) is -1.87. The van der Waals surface area contributed by atoms with Gasteiger partial charge in [0, 0.05) is 5.56 Å². The molecule has 0 radical (unpaired) electrons. The van der Waals surface area contributed by atoms with Crippen molar-refractivity contribution in [2.75, 3.05) is 0 Å². The van der Waals surface area contributed by atoms with E-state index in [1.807, 2.05) is 12.1 Å². The minimum absolute atomic E-state index is 0.0246. The second-order valence-corrected chi connectivity index (χ2v) is 9.46. The smallest absolute Gasteiger partial charge is 0.387 e. The molecule has 0 bridgehead atoms. The van der Waals surface area contributed by atoms with E-state index in [0.29, 0.717) is 5.92 Å². The second kappa shape index (κ2) is 10.3. The van der Waals surface area contributed by atoms with Crippen LogP contribution in [0.15, 0.2) is 43.0 Å². The molecule has 6 heteroatoms. The molecule has 0 heterocycles. The number of ether oxygens (including phenoxy) is 1. The van der Waals surface area contributed by atoms with Crippen molar-refractivity contribution in [3.8, 4) is 16.9 Å². The first-order valence-corrected chi connectivity index (χ1v) is 11.7. The third-order valence-corrected chi connectivity index (χ3v) is 7.48. The van der Waals surface area contributed by atoms with Gasteiger partial charge in [0.25, 0.3) is 0 Å². The van der Waals surface area contributed by atoms with Gasteiger partial charge in [-0.1, -0.05) is 24.6 Å². The van der Waals surface area contributed by atoms with Crippen LogP contribution in [0.3, 0.4) is 0 Å². The van der Waals surface area contributed by atoms with Crippen LogP contribution in [-0.4, -0.2) is 6.61 Å². The van der Waals surface area contributed by atoms with Crippen molar-refractivity contribution in [3.63, 3.8) is 0 Å². The Morgan fingerprint density at radius 3 is 2.27 bits per heavy atom. The molecular weight excluding hydrogens is 435 g/mol. The van der Waals surface area contributed by atoms with Crippen LogP contribution in [0.2, 0.25) is 0 Å². The number of allylic oxidation sites excluding steroid dienone is 1. The van der Waals surface area contributed by atoms with Crippen molar-refractivity contribution in [2.24, 2.45) is 17.8 Å². The summed E-state index contributed by atoms with van der Waals surface area (Å²) in [7, 11) is 0. The van der Waals surface area contributed by atoms with Gasteiger partial charge in [0.05, 0.1) is 0 Å². The summed E-state index contributed by atoms with van der Waals surface area (Å²) >= 11 is 0. The standard InChI is InChI=1S/C27H29F5O/c1-2-3-4-16-5-6-18-12-19(8-7-17(18)11-16)20-9-10-22(23(28)13-20)21-14-24(29)26(25(30)15-21)33-27(31)32/h2,9-10,13-19,27H,1,3-8,11-12H2. The van der Waals surface area contributed by atoms with E-state index in [2.05, 4.69) is 11.3 Å². The molecule has 0 amide bonds. The predicted molar refractivity (Wildman–Crippen MR) is 119 cm³/mol. The topological polar surface area (TPSA) is 9.23 Å². The zero-order valence-corrected chi connectivity index (χ0v) is 18.5. The van der Waals surface area contributed by atoms with Gasteiger partial charge in [0.15, 0.2) is 17.4 Å². The fourth-order valence-corrected chi connectivity index (χ4v) is 5.84. The summed E-state index contributed by atoms with van der Waals surface area (Å²) in [4.78, 5) is 0. The highest BCUT2D eigenvalue weighted by Gasteiger charge is 2.36. The third kappa shape index (κ3) is 5.42. The monoisotopic (exact) mass is 464 g/mol. The lowest BCUT2D eigenvalue weighted by Crippen LogP contribution is -2.30. The average molecular weight is 465 g/mol. The maximum atomic E-state index is 15.0. The van der Waals surface area contributed by atoms with Crippen molar-refractivity contribution in [1.82, 2.24) is 0 Å². The summed E-state index contributed by atoms with van der Waals surface area (Å²) in [5.41, 5.74) is 0.871. The summed E-state index contributed by atoms with van der Waals surface area (Å²) in [5, 5.41) is 0. The SMILES string of the molecule is C=CCCC1CCC2CC(c3ccc(-c4cc(F)c(OC(F)F)c(F)c4)c(F)c3)CCC2C1. The Kier molecular flexibility index (Phi) is 7.40. The van der Waals surface area contributed by atoms with Crippen LogP contribution >= 0.6 is 0 Å². The molecule has 0 aliphatic heterocycles. The molecular formula is C27H29F5O. The van der Waals surface area contributed by atoms with Gasteiger partial charge in [0.2, 0.25) is 0 Å². The van der Waals surface area contributed by atoms with Gasteiger partial charge in [-0.15, -0.1) is 6.58 Å². The lowest BCUT2D eigenvalue weighted by Gasteiger charge is -2.42. The fourth-order valence-electron chi connectivity index (χ4n) is 5.84. The first-order chi connectivity index (χ1) is 15.9. The first kappa shape index (κ1) is 23.8. The van der Waals surface area contributed by atoms with E-state index >= 15 is 0 Å². The lowest BCUT2D eigenvalue weighted by molar-refractivity contribution is -0.0546. The molecule has 2 aliphatic rings. The zero-order chi connectivity index (χ0) is 23.5. The fraction of sp³-hybridized carbons (Fsp3) is 0.481. The Balaban J connectivity index is 1.46. The molecule has 0 saturated heterocycles. The predicted octanol–water partition coefficient (Wildman–Crippen LogP) is 8.64. The van der Waals surface area contributed by atoms with E-state index in [1.54, 1.807) is 0 Å². The largest absolute Gasteiger partial charge is 0.429 e. The maximum absolute atomic E-state index is 15.0. The number of rotatable bonds is 7. The quantitative estimate of drug-likeness (QED) is 0.294. The van der Waals surface area contributed by atoms with Crippen molar-refractivity contribution in [3.05, 3.63) is 66.0 Å². The Hall–Kier alpha value is -2.37. The van der Waals surface area contributed by atoms with Crippen molar-refractivity contribution < 1.29 is 26.7 Å². The minimum Gasteiger partial charge on any atom is -0.429 e. The van der Waals surface area contributed by atoms with Crippen molar-refractivity contribution in [2.45, 2.75) is 63.9 Å². The summed E-state index contributed by atoms with van der Waals surface area (Å²) < 4.78 is 71.7. The molecule has 1 nitrogen and oxygen atoms in total. The van der Waals surface area contributed by atoms with E-state index in [4.69, 9.17) is 0 Å². The number of fused-ring (bicyclic) bond motifs is 1. The molecule has 33 heavy (non-hydrogen) atoms. The van der Waals surface area contributed by atoms with E-state index in [1.165, 1.54) is 37.8 Å². The molecule has 0 N–H and O–H groups in total. The highest BCUT2D eigenvalue weighted by atomic mass is 19.3. The number of benzene rings is 2. The van der Waals surface area contributed by atoms with Crippen LogP contribution in [-0.2, 0) is 0 Å². The van der Waals surface area contributed by atoms with E-state index in [9.17, 15) is 22.0 Å². The van der Waals surface area contributed by atoms with Gasteiger partial charge in [-0.3, -0.25) is 0 Å². The van der Waals surface area contributed by atoms with Crippen molar-refractivity contribution >= 4 is 0 Å². The highest BCUT2D eigenvalue weighted by Crippen LogP contribution is 2.48. The van der Waals surface area contributed by atoms with E-state index in [0.717, 1.165) is 55.2 Å². The molecule has 4 rings (SSSR count). The molecule has 2 saturated carbocycles. The molecule has 2 fully saturated rings. The molecule has 2 aliphatic carbocycles. The minimum atomic E-state index is -3.35. The van der Waals surface area contributed by atoms with Crippen molar-refractivity contribution in [1.29, 1.82) is 0 Å². The average Bonchev–Trinajstić information content (AvgIpc) is 2.79. The summed E-state index contributed by atoms with van der Waals surface area (Å²) in [6.07, 6.45) is 11.2. The van der Waals surface area contributed by atoms with Crippen LogP contribution in [0.4, 0.5) is 22.0 Å². The first-order valence-electron chi connectivity index (χ1n) is 11.7. The number of hydrogen-bond donors (Lipinski definition) is 0. The summed E-state index contributed by atoms with van der Waals surface area (Å²) in [6.45, 7) is 0.471. The Morgan fingerprint density at radius 1 is 0.909 bits per heavy atom. The molecule has 0 aromatic heterocycles. The van der Waals surface area contributed by atoms with Gasteiger partial charge in [-0.05, 0) is 97.9 Å². The molecule has 0 spiro atoms. The lowest BCUT2D eigenvalue weighted by atomic mass is 9.63. The van der Waals surface area contributed by atoms with Gasteiger partial charge < -0.3 is 4.74 Å². The Bertz CT molecular complexity index is 965. The Labute approximate surface area is 191 Å². The van der Waals surface area contributed by atoms with Gasteiger partial charge >= 0.3 is 6.61 Å². The number of alkyl halides is 2. The second-order valence-electron chi connectivity index (χ2n) is 9.46. The van der Waals surface area contributed by atoms with E-state index < -0.39 is 29.8 Å². The van der Waals surface area contributed by atoms with Crippen LogP contribution in [0.25, 0.3) is 11.1 Å². The molecule has 2 aromatic rings. The number of hydrogen-bond acceptors (Lipinski definition) is 1. The molecule has 2 aromatic carbocycles. The van der Waals surface area contributed by atoms with Crippen LogP contribution in [0.5, 0.6) is 5.75 Å². The third-order valence-electron chi connectivity index (χ3n) is 7.48. The normalized spacial score (nSPS) is 25.0. The summed E-state index contributed by atoms with van der Waals surface area (Å²) in [6, 6.07) is 6.42. The Morgan fingerprint density at radius 2 is 1.61 bits per heavy atom. The van der Waals surface area contributed by atoms with Gasteiger partial charge in [-0.25, -0.2) is 13.2 Å². The maximum Gasteiger partial charge on any atom is 0.387 e. The molecule has 178 valence electrons. The zero-order valence-electron chi connectivity index (χ0n) is 18.5.